The number of hydrogen-bond donors (Lipinski definition) is 1. The van der Waals surface area contributed by atoms with Gasteiger partial charge >= 0.3 is 11.9 Å². The van der Waals surface area contributed by atoms with Crippen LogP contribution >= 0.6 is 0 Å². The highest BCUT2D eigenvalue weighted by Crippen LogP contribution is 2.24. The van der Waals surface area contributed by atoms with Crippen LogP contribution in [0.5, 0.6) is 5.88 Å². The van der Waals surface area contributed by atoms with Crippen LogP contribution in [0.25, 0.3) is 0 Å². The summed E-state index contributed by atoms with van der Waals surface area (Å²) in [5.74, 6) is 0.565. The van der Waals surface area contributed by atoms with E-state index >= 15 is 0 Å². The summed E-state index contributed by atoms with van der Waals surface area (Å²) in [6.45, 7) is 9.68. The predicted octanol–water partition coefficient (Wildman–Crippen LogP) is 4.15. The molecule has 4 rings (SSSR count). The molecular weight excluding hydrogens is 516 g/mol. The van der Waals surface area contributed by atoms with Gasteiger partial charge in [0.1, 0.15) is 11.1 Å². The Balaban J connectivity index is 0.000000222. The first-order valence-corrected chi connectivity index (χ1v) is 14.3. The number of H-pyrrole nitrogens is 1. The molecule has 0 spiro atoms. The molecule has 2 aromatic heterocycles. The SMILES string of the molecule is CCOC(=O)c1cc(CC2CCOCC2)c[nH]c1=O.CCOC(=O)c1cc(CC2CCOCC2)cnc1OCC. The van der Waals surface area contributed by atoms with E-state index in [1.807, 2.05) is 13.0 Å². The molecule has 40 heavy (non-hydrogen) atoms. The molecule has 10 nitrogen and oxygen atoms in total. The zero-order valence-corrected chi connectivity index (χ0v) is 23.9. The van der Waals surface area contributed by atoms with Crippen molar-refractivity contribution >= 4 is 11.9 Å². The summed E-state index contributed by atoms with van der Waals surface area (Å²) >= 11 is 0. The van der Waals surface area contributed by atoms with Gasteiger partial charge in [-0.05, 0) is 94.4 Å². The van der Waals surface area contributed by atoms with Gasteiger partial charge in [0.05, 0.1) is 19.8 Å². The van der Waals surface area contributed by atoms with E-state index in [-0.39, 0.29) is 18.1 Å². The molecule has 0 aromatic carbocycles. The number of carbonyl (C=O) groups excluding carboxylic acids is 2. The Labute approximate surface area is 235 Å². The molecule has 4 heterocycles. The highest BCUT2D eigenvalue weighted by Gasteiger charge is 2.20. The minimum absolute atomic E-state index is 0.0893. The average molecular weight is 559 g/mol. The van der Waals surface area contributed by atoms with Gasteiger partial charge in [-0.25, -0.2) is 14.6 Å². The van der Waals surface area contributed by atoms with Gasteiger partial charge in [0.25, 0.3) is 5.56 Å². The lowest BCUT2D eigenvalue weighted by molar-refractivity contribution is 0.0512. The van der Waals surface area contributed by atoms with Gasteiger partial charge in [-0.15, -0.1) is 0 Å². The fraction of sp³-hybridized carbons (Fsp3) is 0.600. The molecule has 2 fully saturated rings. The van der Waals surface area contributed by atoms with Gasteiger partial charge in [-0.1, -0.05) is 0 Å². The maximum atomic E-state index is 12.0. The number of esters is 2. The molecule has 0 bridgehead atoms. The predicted molar refractivity (Wildman–Crippen MR) is 149 cm³/mol. The van der Waals surface area contributed by atoms with E-state index in [9.17, 15) is 14.4 Å². The van der Waals surface area contributed by atoms with Crippen LogP contribution in [0.2, 0.25) is 0 Å². The van der Waals surface area contributed by atoms with Crippen molar-refractivity contribution in [3.05, 3.63) is 57.1 Å². The van der Waals surface area contributed by atoms with Crippen molar-refractivity contribution in [3.8, 4) is 5.88 Å². The third-order valence-electron chi connectivity index (χ3n) is 6.87. The molecule has 0 saturated carbocycles. The number of nitrogens with zero attached hydrogens (tertiary/aromatic N) is 1. The third kappa shape index (κ3) is 9.75. The summed E-state index contributed by atoms with van der Waals surface area (Å²) in [6, 6.07) is 3.50. The first kappa shape index (κ1) is 31.3. The lowest BCUT2D eigenvalue weighted by atomic mass is 9.93. The number of pyridine rings is 2. The maximum Gasteiger partial charge on any atom is 0.343 e. The van der Waals surface area contributed by atoms with E-state index in [0.717, 1.165) is 76.1 Å². The zero-order valence-electron chi connectivity index (χ0n) is 23.9. The van der Waals surface area contributed by atoms with Crippen molar-refractivity contribution in [2.24, 2.45) is 11.8 Å². The summed E-state index contributed by atoms with van der Waals surface area (Å²) in [6.07, 6.45) is 9.40. The van der Waals surface area contributed by atoms with Gasteiger partial charge in [0.2, 0.25) is 5.88 Å². The van der Waals surface area contributed by atoms with Gasteiger partial charge in [0.15, 0.2) is 0 Å². The highest BCUT2D eigenvalue weighted by molar-refractivity contribution is 5.92. The first-order valence-electron chi connectivity index (χ1n) is 14.3. The van der Waals surface area contributed by atoms with Gasteiger partial charge in [0, 0.05) is 38.8 Å². The van der Waals surface area contributed by atoms with Crippen LogP contribution in [-0.4, -0.2) is 68.2 Å². The molecule has 2 aromatic rings. The lowest BCUT2D eigenvalue weighted by Crippen LogP contribution is -2.22. The lowest BCUT2D eigenvalue weighted by Gasteiger charge is -2.22. The maximum absolute atomic E-state index is 12.0. The second-order valence-corrected chi connectivity index (χ2v) is 9.84. The van der Waals surface area contributed by atoms with E-state index in [1.165, 1.54) is 0 Å². The van der Waals surface area contributed by atoms with Crippen molar-refractivity contribution in [1.82, 2.24) is 9.97 Å². The molecule has 0 atom stereocenters. The largest absolute Gasteiger partial charge is 0.477 e. The van der Waals surface area contributed by atoms with Gasteiger partial charge < -0.3 is 28.7 Å². The Morgan fingerprint density at radius 2 is 1.35 bits per heavy atom. The van der Waals surface area contributed by atoms with Crippen molar-refractivity contribution in [2.45, 2.75) is 59.3 Å². The number of nitrogens with one attached hydrogen (secondary N) is 1. The normalized spacial score (nSPS) is 16.0. The fourth-order valence-electron chi connectivity index (χ4n) is 4.79. The van der Waals surface area contributed by atoms with Crippen molar-refractivity contribution < 1.29 is 33.3 Å². The highest BCUT2D eigenvalue weighted by atomic mass is 16.5. The molecule has 0 amide bonds. The van der Waals surface area contributed by atoms with Crippen molar-refractivity contribution in [2.75, 3.05) is 46.2 Å². The Kier molecular flexibility index (Phi) is 13.1. The molecule has 10 heteroatoms. The molecule has 0 unspecified atom stereocenters. The number of rotatable bonds is 10. The van der Waals surface area contributed by atoms with E-state index in [2.05, 4.69) is 9.97 Å². The first-order chi connectivity index (χ1) is 19.4. The van der Waals surface area contributed by atoms with Crippen LogP contribution in [0.1, 0.15) is 78.3 Å². The van der Waals surface area contributed by atoms with E-state index in [0.29, 0.717) is 36.5 Å². The van der Waals surface area contributed by atoms with Crippen molar-refractivity contribution in [1.29, 1.82) is 0 Å². The Bertz CT molecular complexity index is 1140. The molecule has 0 aliphatic carbocycles. The van der Waals surface area contributed by atoms with E-state index < -0.39 is 11.5 Å². The summed E-state index contributed by atoms with van der Waals surface area (Å²) in [7, 11) is 0. The second-order valence-electron chi connectivity index (χ2n) is 9.84. The molecular formula is C30H42N2O8. The minimum atomic E-state index is -0.558. The summed E-state index contributed by atoms with van der Waals surface area (Å²) in [5, 5.41) is 0. The molecule has 2 aliphatic heterocycles. The Hall–Kier alpha value is -3.24. The molecule has 1 N–H and O–H groups in total. The van der Waals surface area contributed by atoms with E-state index in [4.69, 9.17) is 23.7 Å². The Morgan fingerprint density at radius 3 is 1.90 bits per heavy atom. The van der Waals surface area contributed by atoms with Crippen LogP contribution in [0, 0.1) is 11.8 Å². The van der Waals surface area contributed by atoms with Crippen LogP contribution in [0.3, 0.4) is 0 Å². The minimum Gasteiger partial charge on any atom is -0.477 e. The molecule has 2 aliphatic rings. The average Bonchev–Trinajstić information content (AvgIpc) is 2.97. The topological polar surface area (TPSA) is 126 Å². The number of ether oxygens (including phenoxy) is 5. The molecule has 2 saturated heterocycles. The van der Waals surface area contributed by atoms with Crippen LogP contribution in [0.4, 0.5) is 0 Å². The van der Waals surface area contributed by atoms with E-state index in [1.54, 1.807) is 32.3 Å². The second kappa shape index (κ2) is 16.8. The van der Waals surface area contributed by atoms with Crippen LogP contribution in [-0.2, 0) is 31.8 Å². The Morgan fingerprint density at radius 1 is 0.825 bits per heavy atom. The number of aromatic nitrogens is 2. The smallest absolute Gasteiger partial charge is 0.343 e. The van der Waals surface area contributed by atoms with Gasteiger partial charge in [-0.3, -0.25) is 4.79 Å². The van der Waals surface area contributed by atoms with Crippen LogP contribution in [0.15, 0.2) is 29.3 Å². The summed E-state index contributed by atoms with van der Waals surface area (Å²) in [4.78, 5) is 42.2. The monoisotopic (exact) mass is 558 g/mol. The zero-order chi connectivity index (χ0) is 28.7. The number of hydrogen-bond acceptors (Lipinski definition) is 9. The quantitative estimate of drug-likeness (QED) is 0.428. The standard InChI is InChI=1S/C16H23NO4.C14H19NO4/c1-3-20-15-14(16(18)21-4-2)10-13(11-17-15)9-12-5-7-19-8-6-12;1-2-19-14(17)12-8-11(9-15-13(12)16)7-10-3-5-18-6-4-10/h10-12H,3-9H2,1-2H3;8-10H,2-7H2,1H3,(H,15,16). The van der Waals surface area contributed by atoms with Crippen LogP contribution < -0.4 is 10.3 Å². The molecule has 0 radical (unpaired) electrons. The van der Waals surface area contributed by atoms with Gasteiger partial charge in [-0.2, -0.15) is 0 Å². The third-order valence-corrected chi connectivity index (χ3v) is 6.87. The van der Waals surface area contributed by atoms with Crippen molar-refractivity contribution in [3.63, 3.8) is 0 Å². The number of aromatic amines is 1. The molecule has 220 valence electrons. The summed E-state index contributed by atoms with van der Waals surface area (Å²) < 4.78 is 26.1. The summed E-state index contributed by atoms with van der Waals surface area (Å²) in [5.41, 5.74) is 2.13. The fourth-order valence-corrected chi connectivity index (χ4v) is 4.79. The number of carbonyl (C=O) groups is 2.